The van der Waals surface area contributed by atoms with Gasteiger partial charge in [0.05, 0.1) is 11.1 Å². The summed E-state index contributed by atoms with van der Waals surface area (Å²) in [6.07, 6.45) is 5.48. The lowest BCUT2D eigenvalue weighted by molar-refractivity contribution is -0.137. The Labute approximate surface area is 247 Å². The number of hydrogen-bond acceptors (Lipinski definition) is 5. The van der Waals surface area contributed by atoms with Gasteiger partial charge < -0.3 is 9.64 Å². The van der Waals surface area contributed by atoms with Crippen LogP contribution < -0.4 is 0 Å². The first kappa shape index (κ1) is 29.6. The Bertz CT molecular complexity index is 1570. The number of nitrogens with zero attached hydrogens (tertiary/aromatic N) is 6. The standard InChI is InChI=1S/C33H42N6O3/c1-19-13-20(2)15-22(14-19)28-27(21(3)17-36-37-34)26-16-23(18-35-29(26)39(28)31(41)42-32(4,5)6)33(7,8)30(40)38-24-9-10-25(38)12-11-24/h13-16,18,21,24-25H,9-12,17H2,1-8H3/t21-,24?,25?/m1/s1. The number of rotatable bonds is 6. The van der Waals surface area contributed by atoms with Gasteiger partial charge in [0, 0.05) is 35.1 Å². The summed E-state index contributed by atoms with van der Waals surface area (Å²) in [5.41, 5.74) is 13.3. The van der Waals surface area contributed by atoms with Crippen molar-refractivity contribution in [2.75, 3.05) is 6.54 Å². The zero-order chi connectivity index (χ0) is 30.6. The third kappa shape index (κ3) is 5.26. The van der Waals surface area contributed by atoms with Crippen LogP contribution in [0, 0.1) is 13.8 Å². The van der Waals surface area contributed by atoms with Gasteiger partial charge in [0.1, 0.15) is 11.2 Å². The number of hydrogen-bond donors (Lipinski definition) is 0. The SMILES string of the molecule is Cc1cc(C)cc(-c2c([C@H](C)CN=[N+]=[N-])c3cc(C(C)(C)C(=O)N4C5CCC4CC5)cnc3n2C(=O)OC(C)(C)C)c1. The van der Waals surface area contributed by atoms with E-state index in [9.17, 15) is 9.59 Å². The number of aromatic nitrogens is 2. The minimum absolute atomic E-state index is 0.124. The quantitative estimate of drug-likeness (QED) is 0.170. The van der Waals surface area contributed by atoms with E-state index in [1.165, 1.54) is 0 Å². The van der Waals surface area contributed by atoms with E-state index in [0.717, 1.165) is 58.9 Å². The average Bonchev–Trinajstić information content (AvgIpc) is 3.60. The predicted octanol–water partition coefficient (Wildman–Crippen LogP) is 7.95. The van der Waals surface area contributed by atoms with E-state index < -0.39 is 17.1 Å². The number of carbonyl (C=O) groups excluding carboxylic acids is 2. The summed E-state index contributed by atoms with van der Waals surface area (Å²) in [6.45, 7) is 15.7. The summed E-state index contributed by atoms with van der Waals surface area (Å²) in [5, 5.41) is 4.64. The molecule has 0 N–H and O–H groups in total. The lowest BCUT2D eigenvalue weighted by Crippen LogP contribution is -2.46. The van der Waals surface area contributed by atoms with Crippen molar-refractivity contribution in [1.82, 2.24) is 14.5 Å². The van der Waals surface area contributed by atoms with Gasteiger partial charge in [-0.2, -0.15) is 0 Å². The fourth-order valence-corrected chi connectivity index (χ4v) is 6.85. The highest BCUT2D eigenvalue weighted by atomic mass is 16.6. The van der Waals surface area contributed by atoms with Crippen LogP contribution in [0.1, 0.15) is 95.4 Å². The molecule has 3 aromatic rings. The second-order valence-corrected chi connectivity index (χ2v) is 13.7. The molecule has 0 unspecified atom stereocenters. The van der Waals surface area contributed by atoms with Gasteiger partial charge in [-0.15, -0.1) is 0 Å². The summed E-state index contributed by atoms with van der Waals surface area (Å²) in [4.78, 5) is 37.9. The van der Waals surface area contributed by atoms with Crippen LogP contribution in [0.15, 0.2) is 35.6 Å². The molecular formula is C33H42N6O3. The first-order valence-corrected chi connectivity index (χ1v) is 14.9. The molecule has 42 heavy (non-hydrogen) atoms. The van der Waals surface area contributed by atoms with Crippen molar-refractivity contribution >= 4 is 23.0 Å². The van der Waals surface area contributed by atoms with E-state index in [2.05, 4.69) is 21.0 Å². The molecule has 2 saturated heterocycles. The number of aryl methyl sites for hydroxylation is 2. The summed E-state index contributed by atoms with van der Waals surface area (Å²) >= 11 is 0. The molecule has 0 aliphatic carbocycles. The lowest BCUT2D eigenvalue weighted by atomic mass is 9.83. The van der Waals surface area contributed by atoms with Crippen LogP contribution in [0.2, 0.25) is 0 Å². The van der Waals surface area contributed by atoms with Gasteiger partial charge in [-0.05, 0) is 120 Å². The molecule has 2 fully saturated rings. The second kappa shape index (κ2) is 10.8. The van der Waals surface area contributed by atoms with E-state index in [1.807, 2.05) is 73.6 Å². The number of carbonyl (C=O) groups is 2. The molecule has 222 valence electrons. The molecule has 2 bridgehead atoms. The molecule has 4 heterocycles. The second-order valence-electron chi connectivity index (χ2n) is 13.7. The van der Waals surface area contributed by atoms with E-state index in [0.29, 0.717) is 23.4 Å². The number of amides is 1. The molecule has 2 aromatic heterocycles. The van der Waals surface area contributed by atoms with E-state index in [1.54, 1.807) is 10.8 Å². The van der Waals surface area contributed by atoms with Crippen LogP contribution in [0.3, 0.4) is 0 Å². The van der Waals surface area contributed by atoms with E-state index in [4.69, 9.17) is 15.3 Å². The van der Waals surface area contributed by atoms with Crippen LogP contribution in [0.4, 0.5) is 4.79 Å². The van der Waals surface area contributed by atoms with E-state index >= 15 is 0 Å². The van der Waals surface area contributed by atoms with Crippen LogP contribution in [0.5, 0.6) is 0 Å². The Balaban J connectivity index is 1.77. The zero-order valence-corrected chi connectivity index (χ0v) is 26.1. The summed E-state index contributed by atoms with van der Waals surface area (Å²) < 4.78 is 7.46. The Morgan fingerprint density at radius 3 is 2.19 bits per heavy atom. The van der Waals surface area contributed by atoms with Gasteiger partial charge in [-0.25, -0.2) is 14.3 Å². The summed E-state index contributed by atoms with van der Waals surface area (Å²) in [6, 6.07) is 8.83. The highest BCUT2D eigenvalue weighted by Gasteiger charge is 2.47. The summed E-state index contributed by atoms with van der Waals surface area (Å²) in [5.74, 6) is -0.119. The molecule has 2 aliphatic heterocycles. The van der Waals surface area contributed by atoms with Crippen molar-refractivity contribution in [2.45, 2.75) is 110 Å². The minimum atomic E-state index is -0.814. The van der Waals surface area contributed by atoms with Crippen molar-refractivity contribution < 1.29 is 14.3 Å². The van der Waals surface area contributed by atoms with Crippen molar-refractivity contribution in [2.24, 2.45) is 5.11 Å². The third-order valence-electron chi connectivity index (χ3n) is 8.77. The Morgan fingerprint density at radius 1 is 1.05 bits per heavy atom. The van der Waals surface area contributed by atoms with Gasteiger partial charge in [-0.3, -0.25) is 4.79 Å². The predicted molar refractivity (Wildman–Crippen MR) is 165 cm³/mol. The first-order chi connectivity index (χ1) is 19.7. The molecule has 2 aliphatic rings. The number of ether oxygens (including phenoxy) is 1. The Kier molecular flexibility index (Phi) is 7.60. The first-order valence-electron chi connectivity index (χ1n) is 14.9. The number of pyridine rings is 1. The van der Waals surface area contributed by atoms with Gasteiger partial charge >= 0.3 is 6.09 Å². The van der Waals surface area contributed by atoms with Crippen molar-refractivity contribution in [3.63, 3.8) is 0 Å². The fraction of sp³-hybridized carbons (Fsp3) is 0.545. The number of fused-ring (bicyclic) bond motifs is 3. The molecule has 9 heteroatoms. The molecule has 1 aromatic carbocycles. The fourth-order valence-electron chi connectivity index (χ4n) is 6.85. The smallest absolute Gasteiger partial charge is 0.420 e. The molecule has 9 nitrogen and oxygen atoms in total. The Hall–Kier alpha value is -3.84. The Morgan fingerprint density at radius 2 is 1.64 bits per heavy atom. The van der Waals surface area contributed by atoms with Gasteiger partial charge in [0.2, 0.25) is 5.91 Å². The molecule has 5 rings (SSSR count). The topological polar surface area (TPSA) is 113 Å². The zero-order valence-electron chi connectivity index (χ0n) is 26.1. The van der Waals surface area contributed by atoms with Crippen LogP contribution >= 0.6 is 0 Å². The molecule has 1 atom stereocenters. The maximum atomic E-state index is 14.0. The molecule has 0 spiro atoms. The third-order valence-corrected chi connectivity index (χ3v) is 8.77. The van der Waals surface area contributed by atoms with E-state index in [-0.39, 0.29) is 18.4 Å². The normalized spacial score (nSPS) is 19.2. The maximum Gasteiger partial charge on any atom is 0.420 e. The van der Waals surface area contributed by atoms with Crippen LogP contribution in [0.25, 0.3) is 32.7 Å². The maximum absolute atomic E-state index is 14.0. The van der Waals surface area contributed by atoms with Gasteiger partial charge in [0.25, 0.3) is 0 Å². The molecular weight excluding hydrogens is 528 g/mol. The highest BCUT2D eigenvalue weighted by Crippen LogP contribution is 2.43. The molecule has 0 radical (unpaired) electrons. The van der Waals surface area contributed by atoms with Crippen molar-refractivity contribution in [1.29, 1.82) is 0 Å². The largest absolute Gasteiger partial charge is 0.443 e. The minimum Gasteiger partial charge on any atom is -0.443 e. The van der Waals surface area contributed by atoms with Gasteiger partial charge in [0.15, 0.2) is 0 Å². The van der Waals surface area contributed by atoms with Crippen molar-refractivity contribution in [3.05, 3.63) is 63.2 Å². The lowest BCUT2D eigenvalue weighted by Gasteiger charge is -2.32. The average molecular weight is 571 g/mol. The van der Waals surface area contributed by atoms with Gasteiger partial charge in [-0.1, -0.05) is 29.2 Å². The number of benzene rings is 1. The highest BCUT2D eigenvalue weighted by molar-refractivity contribution is 5.99. The monoisotopic (exact) mass is 570 g/mol. The van der Waals surface area contributed by atoms with Crippen molar-refractivity contribution in [3.8, 4) is 11.3 Å². The number of azide groups is 1. The molecule has 0 saturated carbocycles. The van der Waals surface area contributed by atoms with Crippen LogP contribution in [-0.2, 0) is 14.9 Å². The summed E-state index contributed by atoms with van der Waals surface area (Å²) in [7, 11) is 0. The van der Waals surface area contributed by atoms with Crippen LogP contribution in [-0.4, -0.2) is 50.7 Å². The molecule has 1 amide bonds.